The maximum atomic E-state index is 9.09. The molecular formula is C16H25NO3. The van der Waals surface area contributed by atoms with E-state index in [1.807, 2.05) is 6.07 Å². The molecule has 0 aliphatic heterocycles. The van der Waals surface area contributed by atoms with E-state index < -0.39 is 0 Å². The van der Waals surface area contributed by atoms with E-state index in [1.165, 1.54) is 0 Å². The molecule has 1 rings (SSSR count). The standard InChI is InChI=1S/C16H25NO3/c1-12(9-17-16(2,3)4)11-20-14-7-6-13(10-18)8-15(14)19-5/h6-8,17-18H,1,9-11H2,2-5H3. The molecule has 0 unspecified atom stereocenters. The number of aliphatic hydroxyl groups is 1. The minimum Gasteiger partial charge on any atom is -0.493 e. The van der Waals surface area contributed by atoms with Gasteiger partial charge in [-0.25, -0.2) is 0 Å². The molecular weight excluding hydrogens is 254 g/mol. The largest absolute Gasteiger partial charge is 0.493 e. The number of hydrogen-bond donors (Lipinski definition) is 2. The summed E-state index contributed by atoms with van der Waals surface area (Å²) in [6.07, 6.45) is 0. The number of nitrogens with one attached hydrogen (secondary N) is 1. The van der Waals surface area contributed by atoms with E-state index in [0.717, 1.165) is 11.1 Å². The zero-order valence-electron chi connectivity index (χ0n) is 12.8. The summed E-state index contributed by atoms with van der Waals surface area (Å²) < 4.78 is 11.0. The molecule has 1 aromatic rings. The molecule has 20 heavy (non-hydrogen) atoms. The Hall–Kier alpha value is -1.52. The Balaban J connectivity index is 2.55. The fourth-order valence-corrected chi connectivity index (χ4v) is 1.55. The summed E-state index contributed by atoms with van der Waals surface area (Å²) in [5.41, 5.74) is 1.82. The number of hydrogen-bond acceptors (Lipinski definition) is 4. The Bertz CT molecular complexity index is 450. The molecule has 4 nitrogen and oxygen atoms in total. The van der Waals surface area contributed by atoms with Crippen molar-refractivity contribution in [3.8, 4) is 11.5 Å². The van der Waals surface area contributed by atoms with Crippen molar-refractivity contribution in [3.63, 3.8) is 0 Å². The van der Waals surface area contributed by atoms with Crippen molar-refractivity contribution in [3.05, 3.63) is 35.9 Å². The molecule has 0 radical (unpaired) electrons. The smallest absolute Gasteiger partial charge is 0.161 e. The molecule has 0 aliphatic rings. The first kappa shape index (κ1) is 16.5. The molecule has 0 spiro atoms. The van der Waals surface area contributed by atoms with Gasteiger partial charge in [-0.05, 0) is 44.0 Å². The van der Waals surface area contributed by atoms with Gasteiger partial charge in [-0.2, -0.15) is 0 Å². The average molecular weight is 279 g/mol. The third-order valence-electron chi connectivity index (χ3n) is 2.71. The maximum absolute atomic E-state index is 9.09. The first-order chi connectivity index (χ1) is 9.35. The lowest BCUT2D eigenvalue weighted by atomic mass is 10.1. The summed E-state index contributed by atoms with van der Waals surface area (Å²) in [4.78, 5) is 0. The molecule has 0 bridgehead atoms. The zero-order chi connectivity index (χ0) is 15.2. The van der Waals surface area contributed by atoms with Crippen LogP contribution in [0.1, 0.15) is 26.3 Å². The highest BCUT2D eigenvalue weighted by Crippen LogP contribution is 2.28. The van der Waals surface area contributed by atoms with Crippen LogP contribution in [0.4, 0.5) is 0 Å². The van der Waals surface area contributed by atoms with Gasteiger partial charge in [-0.3, -0.25) is 0 Å². The first-order valence-corrected chi connectivity index (χ1v) is 6.68. The van der Waals surface area contributed by atoms with Crippen molar-refractivity contribution in [2.75, 3.05) is 20.3 Å². The lowest BCUT2D eigenvalue weighted by Crippen LogP contribution is -2.37. The monoisotopic (exact) mass is 279 g/mol. The van der Waals surface area contributed by atoms with Gasteiger partial charge in [0.05, 0.1) is 13.7 Å². The van der Waals surface area contributed by atoms with Crippen LogP contribution in [0.25, 0.3) is 0 Å². The van der Waals surface area contributed by atoms with Crippen molar-refractivity contribution >= 4 is 0 Å². The maximum Gasteiger partial charge on any atom is 0.161 e. The Labute approximate surface area is 121 Å². The van der Waals surface area contributed by atoms with E-state index in [4.69, 9.17) is 14.6 Å². The van der Waals surface area contributed by atoms with Crippen LogP contribution in [0.5, 0.6) is 11.5 Å². The highest BCUT2D eigenvalue weighted by molar-refractivity contribution is 5.43. The summed E-state index contributed by atoms with van der Waals surface area (Å²) in [7, 11) is 1.58. The van der Waals surface area contributed by atoms with Crippen LogP contribution in [-0.2, 0) is 6.61 Å². The molecule has 0 aliphatic carbocycles. The molecule has 4 heteroatoms. The highest BCUT2D eigenvalue weighted by atomic mass is 16.5. The fraction of sp³-hybridized carbons (Fsp3) is 0.500. The number of ether oxygens (including phenoxy) is 2. The Morgan fingerprint density at radius 1 is 1.30 bits per heavy atom. The Morgan fingerprint density at radius 3 is 2.55 bits per heavy atom. The van der Waals surface area contributed by atoms with Crippen molar-refractivity contribution < 1.29 is 14.6 Å². The van der Waals surface area contributed by atoms with Crippen LogP contribution < -0.4 is 14.8 Å². The van der Waals surface area contributed by atoms with Gasteiger partial charge in [0.1, 0.15) is 6.61 Å². The summed E-state index contributed by atoms with van der Waals surface area (Å²) in [5, 5.41) is 12.5. The lowest BCUT2D eigenvalue weighted by molar-refractivity contribution is 0.279. The lowest BCUT2D eigenvalue weighted by Gasteiger charge is -2.21. The first-order valence-electron chi connectivity index (χ1n) is 6.68. The van der Waals surface area contributed by atoms with Crippen molar-refractivity contribution in [2.45, 2.75) is 32.9 Å². The average Bonchev–Trinajstić information content (AvgIpc) is 2.41. The molecule has 0 aromatic heterocycles. The van der Waals surface area contributed by atoms with E-state index in [1.54, 1.807) is 19.2 Å². The number of benzene rings is 1. The van der Waals surface area contributed by atoms with Crippen LogP contribution in [0.2, 0.25) is 0 Å². The molecule has 0 saturated carbocycles. The van der Waals surface area contributed by atoms with Crippen LogP contribution >= 0.6 is 0 Å². The molecule has 0 amide bonds. The minimum atomic E-state index is -0.0150. The third-order valence-corrected chi connectivity index (χ3v) is 2.71. The minimum absolute atomic E-state index is 0.0150. The van der Waals surface area contributed by atoms with E-state index in [9.17, 15) is 0 Å². The molecule has 112 valence electrons. The molecule has 0 fully saturated rings. The summed E-state index contributed by atoms with van der Waals surface area (Å²) in [6, 6.07) is 5.38. The van der Waals surface area contributed by atoms with Gasteiger partial charge >= 0.3 is 0 Å². The van der Waals surface area contributed by atoms with Gasteiger partial charge in [-0.1, -0.05) is 12.6 Å². The van der Waals surface area contributed by atoms with Crippen molar-refractivity contribution in [2.24, 2.45) is 0 Å². The molecule has 0 saturated heterocycles. The van der Waals surface area contributed by atoms with E-state index >= 15 is 0 Å². The second-order valence-electron chi connectivity index (χ2n) is 5.79. The fourth-order valence-electron chi connectivity index (χ4n) is 1.55. The van der Waals surface area contributed by atoms with E-state index in [0.29, 0.717) is 24.7 Å². The predicted octanol–water partition coefficient (Wildman–Crippen LogP) is 2.51. The molecule has 0 heterocycles. The van der Waals surface area contributed by atoms with Crippen LogP contribution in [0.15, 0.2) is 30.4 Å². The summed E-state index contributed by atoms with van der Waals surface area (Å²) >= 11 is 0. The number of rotatable bonds is 7. The third kappa shape index (κ3) is 5.63. The second kappa shape index (κ2) is 7.31. The van der Waals surface area contributed by atoms with Crippen LogP contribution in [-0.4, -0.2) is 30.9 Å². The second-order valence-corrected chi connectivity index (χ2v) is 5.79. The predicted molar refractivity (Wildman–Crippen MR) is 81.3 cm³/mol. The molecule has 2 N–H and O–H groups in total. The summed E-state index contributed by atoms with van der Waals surface area (Å²) in [6.45, 7) is 11.4. The highest BCUT2D eigenvalue weighted by Gasteiger charge is 2.10. The molecule has 0 atom stereocenters. The van der Waals surface area contributed by atoms with Gasteiger partial charge in [0.25, 0.3) is 0 Å². The quantitative estimate of drug-likeness (QED) is 0.753. The number of aliphatic hydroxyl groups excluding tert-OH is 1. The van der Waals surface area contributed by atoms with Crippen molar-refractivity contribution in [1.29, 1.82) is 0 Å². The SMILES string of the molecule is C=C(CNC(C)(C)C)COc1ccc(CO)cc1OC. The number of methoxy groups -OCH3 is 1. The van der Waals surface area contributed by atoms with Gasteiger partial charge in [-0.15, -0.1) is 0 Å². The zero-order valence-corrected chi connectivity index (χ0v) is 12.8. The van der Waals surface area contributed by atoms with E-state index in [2.05, 4.69) is 32.7 Å². The van der Waals surface area contributed by atoms with Gasteiger partial charge in [0.15, 0.2) is 11.5 Å². The Kier molecular flexibility index (Phi) is 6.05. The van der Waals surface area contributed by atoms with Crippen molar-refractivity contribution in [1.82, 2.24) is 5.32 Å². The van der Waals surface area contributed by atoms with E-state index in [-0.39, 0.29) is 12.1 Å². The van der Waals surface area contributed by atoms with Gasteiger partial charge in [0.2, 0.25) is 0 Å². The van der Waals surface area contributed by atoms with Crippen LogP contribution in [0, 0.1) is 0 Å². The van der Waals surface area contributed by atoms with Gasteiger partial charge in [0, 0.05) is 12.1 Å². The normalized spacial score (nSPS) is 11.2. The summed E-state index contributed by atoms with van der Waals surface area (Å²) in [5.74, 6) is 1.27. The van der Waals surface area contributed by atoms with Gasteiger partial charge < -0.3 is 19.9 Å². The Morgan fingerprint density at radius 2 is 2.00 bits per heavy atom. The topological polar surface area (TPSA) is 50.7 Å². The van der Waals surface area contributed by atoms with Crippen LogP contribution in [0.3, 0.4) is 0 Å². The molecule has 1 aromatic carbocycles.